The van der Waals surface area contributed by atoms with Gasteiger partial charge in [0, 0.05) is 14.5 Å². The summed E-state index contributed by atoms with van der Waals surface area (Å²) >= 11 is 6.44. The molecule has 0 saturated heterocycles. The van der Waals surface area contributed by atoms with Crippen molar-refractivity contribution in [2.45, 2.75) is 26.7 Å². The summed E-state index contributed by atoms with van der Waals surface area (Å²) in [7, 11) is 1.36. The van der Waals surface area contributed by atoms with Crippen LogP contribution in [0.1, 0.15) is 47.4 Å². The number of benzene rings is 3. The summed E-state index contributed by atoms with van der Waals surface area (Å²) in [6.45, 7) is 4.43. The number of ether oxygens (including phenoxy) is 3. The van der Waals surface area contributed by atoms with E-state index in [1.807, 2.05) is 13.8 Å². The summed E-state index contributed by atoms with van der Waals surface area (Å²) in [6.07, 6.45) is 1.36. The highest BCUT2D eigenvalue weighted by molar-refractivity contribution is 9.10. The monoisotopic (exact) mass is 654 g/mol. The number of anilines is 2. The minimum absolute atomic E-state index is 0.0392. The predicted molar refractivity (Wildman–Crippen MR) is 149 cm³/mol. The highest BCUT2D eigenvalue weighted by Crippen LogP contribution is 2.34. The Labute approximate surface area is 236 Å². The molecule has 0 spiro atoms. The number of carbonyl (C=O) groups excluding carboxylic acids is 2. The van der Waals surface area contributed by atoms with Crippen molar-refractivity contribution in [2.75, 3.05) is 31.0 Å². The Morgan fingerprint density at radius 2 is 1.26 bits per heavy atom. The van der Waals surface area contributed by atoms with E-state index in [-0.39, 0.29) is 39.8 Å². The van der Waals surface area contributed by atoms with E-state index in [1.54, 1.807) is 12.1 Å². The predicted octanol–water partition coefficient (Wildman–Crippen LogP) is 7.58. The third kappa shape index (κ3) is 7.22. The van der Waals surface area contributed by atoms with E-state index in [4.69, 9.17) is 14.2 Å². The number of halogens is 4. The molecule has 11 heteroatoms. The van der Waals surface area contributed by atoms with Crippen LogP contribution in [0.4, 0.5) is 20.2 Å². The van der Waals surface area contributed by atoms with Crippen LogP contribution in [0.2, 0.25) is 0 Å². The van der Waals surface area contributed by atoms with Crippen LogP contribution in [0.15, 0.2) is 51.4 Å². The fraction of sp³-hybridized carbons (Fsp3) is 0.259. The molecule has 2 amide bonds. The molecule has 0 bridgehead atoms. The molecule has 0 saturated carbocycles. The molecule has 38 heavy (non-hydrogen) atoms. The first-order valence-corrected chi connectivity index (χ1v) is 13.3. The topological polar surface area (TPSA) is 85.9 Å². The maximum Gasteiger partial charge on any atom is 0.259 e. The van der Waals surface area contributed by atoms with Crippen molar-refractivity contribution in [3.63, 3.8) is 0 Å². The average Bonchev–Trinajstić information content (AvgIpc) is 2.88. The maximum absolute atomic E-state index is 14.8. The number of nitrogens with one attached hydrogen (secondary N) is 2. The number of amides is 2. The molecule has 0 aliphatic rings. The molecule has 202 valence electrons. The van der Waals surface area contributed by atoms with Crippen molar-refractivity contribution in [3.8, 4) is 17.2 Å². The molecule has 0 radical (unpaired) electrons. The van der Waals surface area contributed by atoms with E-state index < -0.39 is 23.4 Å². The zero-order valence-electron chi connectivity index (χ0n) is 20.9. The molecule has 7 nitrogen and oxygen atoms in total. The largest absolute Gasteiger partial charge is 0.496 e. The Kier molecular flexibility index (Phi) is 10.5. The van der Waals surface area contributed by atoms with Gasteiger partial charge in [0.1, 0.15) is 28.6 Å². The number of hydrogen-bond acceptors (Lipinski definition) is 5. The normalized spacial score (nSPS) is 10.6. The molecule has 2 N–H and O–H groups in total. The van der Waals surface area contributed by atoms with Crippen LogP contribution in [0.25, 0.3) is 0 Å². The van der Waals surface area contributed by atoms with Gasteiger partial charge in [0.25, 0.3) is 11.8 Å². The molecule has 0 aliphatic carbocycles. The number of carbonyl (C=O) groups is 2. The molecule has 0 fully saturated rings. The van der Waals surface area contributed by atoms with Crippen molar-refractivity contribution >= 4 is 55.0 Å². The summed E-state index contributed by atoms with van der Waals surface area (Å²) in [5.74, 6) is -2.39. The van der Waals surface area contributed by atoms with E-state index in [0.717, 1.165) is 0 Å². The number of rotatable bonds is 11. The van der Waals surface area contributed by atoms with Crippen LogP contribution < -0.4 is 24.8 Å². The lowest BCUT2D eigenvalue weighted by molar-refractivity contribution is 0.102. The van der Waals surface area contributed by atoms with Gasteiger partial charge in [-0.15, -0.1) is 0 Å². The van der Waals surface area contributed by atoms with Crippen LogP contribution >= 0.6 is 31.9 Å². The minimum Gasteiger partial charge on any atom is -0.496 e. The van der Waals surface area contributed by atoms with E-state index >= 15 is 0 Å². The molecule has 0 atom stereocenters. The summed E-state index contributed by atoms with van der Waals surface area (Å²) in [5.41, 5.74) is -0.289. The van der Waals surface area contributed by atoms with Crippen molar-refractivity contribution in [1.29, 1.82) is 0 Å². The van der Waals surface area contributed by atoms with Gasteiger partial charge in [-0.1, -0.05) is 45.7 Å². The van der Waals surface area contributed by atoms with Gasteiger partial charge in [-0.25, -0.2) is 8.78 Å². The Morgan fingerprint density at radius 3 is 1.74 bits per heavy atom. The van der Waals surface area contributed by atoms with Gasteiger partial charge in [0.2, 0.25) is 0 Å². The summed E-state index contributed by atoms with van der Waals surface area (Å²) in [6, 6.07) is 9.60. The second kappa shape index (κ2) is 13.6. The first-order chi connectivity index (χ1) is 18.2. The minimum atomic E-state index is -0.735. The van der Waals surface area contributed by atoms with Crippen molar-refractivity contribution in [3.05, 3.63) is 74.2 Å². The first kappa shape index (κ1) is 29.4. The molecular formula is C27H26Br2F2N2O5. The Bertz CT molecular complexity index is 1340. The van der Waals surface area contributed by atoms with Gasteiger partial charge in [-0.2, -0.15) is 0 Å². The van der Waals surface area contributed by atoms with E-state index in [0.29, 0.717) is 35.0 Å². The smallest absolute Gasteiger partial charge is 0.259 e. The summed E-state index contributed by atoms with van der Waals surface area (Å²) in [5, 5.41) is 5.03. The van der Waals surface area contributed by atoms with E-state index in [1.165, 1.54) is 37.4 Å². The molecule has 3 aromatic carbocycles. The lowest BCUT2D eigenvalue weighted by atomic mass is 10.1. The van der Waals surface area contributed by atoms with Crippen LogP contribution in [-0.2, 0) is 0 Å². The first-order valence-electron chi connectivity index (χ1n) is 11.7. The third-order valence-corrected chi connectivity index (χ3v) is 6.06. The third-order valence-electron chi connectivity index (χ3n) is 5.14. The second-order valence-electron chi connectivity index (χ2n) is 8.04. The zero-order chi connectivity index (χ0) is 27.8. The van der Waals surface area contributed by atoms with Crippen LogP contribution in [-0.4, -0.2) is 32.1 Å². The Balaban J connectivity index is 1.92. The van der Waals surface area contributed by atoms with Gasteiger partial charge in [0.15, 0.2) is 11.6 Å². The van der Waals surface area contributed by atoms with Crippen molar-refractivity contribution < 1.29 is 32.6 Å². The lowest BCUT2D eigenvalue weighted by Gasteiger charge is -2.16. The molecular weight excluding hydrogens is 630 g/mol. The summed E-state index contributed by atoms with van der Waals surface area (Å²) in [4.78, 5) is 26.3. The summed E-state index contributed by atoms with van der Waals surface area (Å²) < 4.78 is 46.8. The second-order valence-corrected chi connectivity index (χ2v) is 9.87. The van der Waals surface area contributed by atoms with E-state index in [2.05, 4.69) is 42.5 Å². The standard InChI is InChI=1S/C27H26Br2F2N2O5/c1-4-8-37-22-13-16(28)11-19(30)24(22)32-26(34)15-6-7-21(36-3)18(10-15)27(35)33-25-20(31)12-17(29)14-23(25)38-9-5-2/h6-7,10-14H,4-5,8-9H2,1-3H3,(H,32,34)(H,33,35). The fourth-order valence-corrected chi connectivity index (χ4v) is 4.21. The van der Waals surface area contributed by atoms with Gasteiger partial charge in [0.05, 0.1) is 25.9 Å². The number of methoxy groups -OCH3 is 1. The quantitative estimate of drug-likeness (QED) is 0.222. The van der Waals surface area contributed by atoms with Crippen LogP contribution in [0, 0.1) is 11.6 Å². The molecule has 3 rings (SSSR count). The SMILES string of the molecule is CCCOc1cc(Br)cc(F)c1NC(=O)c1ccc(OC)c(C(=O)Nc2c(F)cc(Br)cc2OCCC)c1. The molecule has 0 aliphatic heterocycles. The van der Waals surface area contributed by atoms with Crippen LogP contribution in [0.3, 0.4) is 0 Å². The molecule has 0 unspecified atom stereocenters. The van der Waals surface area contributed by atoms with E-state index in [9.17, 15) is 18.4 Å². The Hall–Kier alpha value is -3.18. The van der Waals surface area contributed by atoms with Gasteiger partial charge >= 0.3 is 0 Å². The highest BCUT2D eigenvalue weighted by Gasteiger charge is 2.22. The van der Waals surface area contributed by atoms with Crippen LogP contribution in [0.5, 0.6) is 17.2 Å². The van der Waals surface area contributed by atoms with Crippen molar-refractivity contribution in [1.82, 2.24) is 0 Å². The zero-order valence-corrected chi connectivity index (χ0v) is 24.1. The lowest BCUT2D eigenvalue weighted by Crippen LogP contribution is -2.18. The number of hydrogen-bond donors (Lipinski definition) is 2. The molecule has 3 aromatic rings. The molecule has 0 heterocycles. The van der Waals surface area contributed by atoms with Gasteiger partial charge in [-0.3, -0.25) is 9.59 Å². The average molecular weight is 656 g/mol. The fourth-order valence-electron chi connectivity index (χ4n) is 3.39. The van der Waals surface area contributed by atoms with Gasteiger partial charge in [-0.05, 0) is 55.3 Å². The Morgan fingerprint density at radius 1 is 0.763 bits per heavy atom. The van der Waals surface area contributed by atoms with Crippen molar-refractivity contribution in [2.24, 2.45) is 0 Å². The molecule has 0 aromatic heterocycles. The maximum atomic E-state index is 14.8. The highest BCUT2D eigenvalue weighted by atomic mass is 79.9. The van der Waals surface area contributed by atoms with Gasteiger partial charge < -0.3 is 24.8 Å².